The lowest BCUT2D eigenvalue weighted by Crippen LogP contribution is -2.35. The van der Waals surface area contributed by atoms with Crippen molar-refractivity contribution in [2.24, 2.45) is 0 Å². The average Bonchev–Trinajstić information content (AvgIpc) is 3.34. The Balaban J connectivity index is 1.61. The van der Waals surface area contributed by atoms with E-state index in [9.17, 15) is 9.59 Å². The van der Waals surface area contributed by atoms with Crippen molar-refractivity contribution in [3.05, 3.63) is 89.0 Å². The molecule has 1 heterocycles. The molecule has 172 valence electrons. The predicted molar refractivity (Wildman–Crippen MR) is 126 cm³/mol. The second-order valence-electron chi connectivity index (χ2n) is 7.44. The zero-order valence-electron chi connectivity index (χ0n) is 19.0. The second kappa shape index (κ2) is 11.6. The van der Waals surface area contributed by atoms with Gasteiger partial charge in [-0.1, -0.05) is 23.8 Å². The zero-order valence-corrected chi connectivity index (χ0v) is 19.0. The van der Waals surface area contributed by atoms with Crippen molar-refractivity contribution in [1.82, 2.24) is 10.6 Å². The maximum absolute atomic E-state index is 12.8. The van der Waals surface area contributed by atoms with Crippen LogP contribution in [0.2, 0.25) is 0 Å². The molecule has 0 aliphatic rings. The maximum atomic E-state index is 12.8. The van der Waals surface area contributed by atoms with Crippen molar-refractivity contribution in [3.8, 4) is 11.5 Å². The van der Waals surface area contributed by atoms with Crippen molar-refractivity contribution in [1.29, 1.82) is 0 Å². The molecule has 0 aliphatic carbocycles. The minimum absolute atomic E-state index is 0.113. The quantitative estimate of drug-likeness (QED) is 0.360. The summed E-state index contributed by atoms with van der Waals surface area (Å²) in [6.45, 7) is 2.38. The Hall–Kier alpha value is -4.00. The molecule has 0 aliphatic heterocycles. The molecule has 0 atom stereocenters. The molecule has 3 rings (SSSR count). The number of ether oxygens (including phenoxy) is 2. The predicted octanol–water partition coefficient (Wildman–Crippen LogP) is 4.13. The summed E-state index contributed by atoms with van der Waals surface area (Å²) in [5.74, 6) is 1.05. The van der Waals surface area contributed by atoms with Crippen LogP contribution in [0.5, 0.6) is 11.5 Å². The smallest absolute Gasteiger partial charge is 0.267 e. The molecule has 2 amide bonds. The number of amides is 2. The van der Waals surface area contributed by atoms with Gasteiger partial charge < -0.3 is 24.5 Å². The third-order valence-corrected chi connectivity index (χ3v) is 5.01. The van der Waals surface area contributed by atoms with E-state index in [1.54, 1.807) is 38.5 Å². The monoisotopic (exact) mass is 448 g/mol. The first-order valence-electron chi connectivity index (χ1n) is 10.6. The fraction of sp³-hybridized carbons (Fsp3) is 0.231. The molecule has 7 nitrogen and oxygen atoms in total. The van der Waals surface area contributed by atoms with Crippen LogP contribution in [0.1, 0.15) is 33.7 Å². The van der Waals surface area contributed by atoms with Crippen LogP contribution in [-0.2, 0) is 11.2 Å². The van der Waals surface area contributed by atoms with Gasteiger partial charge in [-0.25, -0.2) is 0 Å². The van der Waals surface area contributed by atoms with Gasteiger partial charge in [0.25, 0.3) is 11.8 Å². The zero-order chi connectivity index (χ0) is 23.6. The van der Waals surface area contributed by atoms with Gasteiger partial charge in [-0.2, -0.15) is 0 Å². The van der Waals surface area contributed by atoms with Crippen molar-refractivity contribution < 1.29 is 23.5 Å². The Kier molecular flexibility index (Phi) is 8.30. The minimum Gasteiger partial charge on any atom is -0.493 e. The number of nitrogens with one attached hydrogen (secondary N) is 2. The maximum Gasteiger partial charge on any atom is 0.267 e. The first kappa shape index (κ1) is 23.7. The van der Waals surface area contributed by atoms with Crippen LogP contribution < -0.4 is 20.1 Å². The summed E-state index contributed by atoms with van der Waals surface area (Å²) < 4.78 is 15.9. The Morgan fingerprint density at radius 2 is 1.76 bits per heavy atom. The van der Waals surface area contributed by atoms with Crippen LogP contribution in [0.4, 0.5) is 0 Å². The molecule has 33 heavy (non-hydrogen) atoms. The fourth-order valence-electron chi connectivity index (χ4n) is 3.20. The van der Waals surface area contributed by atoms with Gasteiger partial charge in [0.2, 0.25) is 0 Å². The van der Waals surface area contributed by atoms with Crippen molar-refractivity contribution in [2.75, 3.05) is 20.8 Å². The van der Waals surface area contributed by atoms with Gasteiger partial charge in [0.05, 0.1) is 20.5 Å². The Morgan fingerprint density at radius 3 is 2.42 bits per heavy atom. The van der Waals surface area contributed by atoms with Gasteiger partial charge in [0.15, 0.2) is 11.5 Å². The number of furan rings is 1. The molecule has 0 saturated carbocycles. The molecule has 0 unspecified atom stereocenters. The molecule has 2 N–H and O–H groups in total. The highest BCUT2D eigenvalue weighted by Crippen LogP contribution is 2.27. The van der Waals surface area contributed by atoms with Crippen LogP contribution in [0.25, 0.3) is 6.08 Å². The van der Waals surface area contributed by atoms with Crippen molar-refractivity contribution in [3.63, 3.8) is 0 Å². The lowest BCUT2D eigenvalue weighted by atomic mass is 10.1. The number of aryl methyl sites for hydroxylation is 2. The van der Waals surface area contributed by atoms with E-state index >= 15 is 0 Å². The largest absolute Gasteiger partial charge is 0.493 e. The highest BCUT2D eigenvalue weighted by Gasteiger charge is 2.15. The molecule has 2 aromatic carbocycles. The van der Waals surface area contributed by atoms with Gasteiger partial charge in [-0.05, 0) is 61.7 Å². The van der Waals surface area contributed by atoms with Crippen molar-refractivity contribution in [2.45, 2.75) is 19.8 Å². The van der Waals surface area contributed by atoms with E-state index in [1.165, 1.54) is 12.3 Å². The van der Waals surface area contributed by atoms with Crippen LogP contribution in [0.3, 0.4) is 0 Å². The molecule has 7 heteroatoms. The first-order chi connectivity index (χ1) is 16.0. The van der Waals surface area contributed by atoms with Gasteiger partial charge in [-0.3, -0.25) is 9.59 Å². The second-order valence-corrected chi connectivity index (χ2v) is 7.44. The van der Waals surface area contributed by atoms with Crippen LogP contribution in [0.15, 0.2) is 71.0 Å². The molecule has 0 saturated heterocycles. The summed E-state index contributed by atoms with van der Waals surface area (Å²) in [6, 6.07) is 16.3. The number of hydrogen-bond donors (Lipinski definition) is 2. The highest BCUT2D eigenvalue weighted by molar-refractivity contribution is 6.05. The number of benzene rings is 2. The molecule has 3 aromatic rings. The molecular weight excluding hydrogens is 420 g/mol. The fourth-order valence-corrected chi connectivity index (χ4v) is 3.20. The van der Waals surface area contributed by atoms with E-state index < -0.39 is 0 Å². The molecule has 1 aromatic heterocycles. The molecule has 0 bridgehead atoms. The molecule has 0 fully saturated rings. The number of methoxy groups -OCH3 is 2. The summed E-state index contributed by atoms with van der Waals surface area (Å²) in [5.41, 5.74) is 2.69. The number of carbonyl (C=O) groups is 2. The molecule has 0 radical (unpaired) electrons. The van der Waals surface area contributed by atoms with E-state index in [1.807, 2.05) is 37.3 Å². The first-order valence-corrected chi connectivity index (χ1v) is 10.6. The normalized spacial score (nSPS) is 11.1. The lowest BCUT2D eigenvalue weighted by Gasteiger charge is -2.12. The summed E-state index contributed by atoms with van der Waals surface area (Å²) in [4.78, 5) is 25.5. The van der Waals surface area contributed by atoms with Crippen molar-refractivity contribution >= 4 is 17.9 Å². The van der Waals surface area contributed by atoms with Crippen LogP contribution >= 0.6 is 0 Å². The Bertz CT molecular complexity index is 1100. The van der Waals surface area contributed by atoms with E-state index in [4.69, 9.17) is 13.9 Å². The van der Waals surface area contributed by atoms with E-state index in [0.29, 0.717) is 35.8 Å². The van der Waals surface area contributed by atoms with E-state index in [0.717, 1.165) is 17.5 Å². The van der Waals surface area contributed by atoms with Crippen LogP contribution in [0, 0.1) is 6.92 Å². The average molecular weight is 449 g/mol. The summed E-state index contributed by atoms with van der Waals surface area (Å²) >= 11 is 0. The highest BCUT2D eigenvalue weighted by atomic mass is 16.5. The Labute approximate surface area is 193 Å². The lowest BCUT2D eigenvalue weighted by molar-refractivity contribution is -0.117. The number of rotatable bonds is 10. The SMILES string of the molecule is COc1ccc(CCCNC(=O)/C(=C/c2ccco2)NC(=O)c2ccc(C)cc2)cc1OC. The van der Waals surface area contributed by atoms with Gasteiger partial charge in [-0.15, -0.1) is 0 Å². The Morgan fingerprint density at radius 1 is 1.00 bits per heavy atom. The van der Waals surface area contributed by atoms with E-state index in [-0.39, 0.29) is 17.5 Å². The number of hydrogen-bond acceptors (Lipinski definition) is 5. The minimum atomic E-state index is -0.390. The van der Waals surface area contributed by atoms with E-state index in [2.05, 4.69) is 10.6 Å². The standard InChI is InChI=1S/C26H28N2O5/c1-18-8-11-20(12-9-18)25(29)28-22(17-21-7-5-15-33-21)26(30)27-14-4-6-19-10-13-23(31-2)24(16-19)32-3/h5,7-13,15-17H,4,6,14H2,1-3H3,(H,27,30)(H,28,29)/b22-17-. The van der Waals surface area contributed by atoms with Gasteiger partial charge in [0, 0.05) is 18.2 Å². The third kappa shape index (κ3) is 6.74. The third-order valence-electron chi connectivity index (χ3n) is 5.01. The topological polar surface area (TPSA) is 89.8 Å². The van der Waals surface area contributed by atoms with Gasteiger partial charge >= 0.3 is 0 Å². The summed E-state index contributed by atoms with van der Waals surface area (Å²) in [5, 5.41) is 5.56. The summed E-state index contributed by atoms with van der Waals surface area (Å²) in [6.07, 6.45) is 4.47. The summed E-state index contributed by atoms with van der Waals surface area (Å²) in [7, 11) is 3.19. The van der Waals surface area contributed by atoms with Gasteiger partial charge in [0.1, 0.15) is 11.5 Å². The molecule has 0 spiro atoms. The van der Waals surface area contributed by atoms with Crippen LogP contribution in [-0.4, -0.2) is 32.6 Å². The molecular formula is C26H28N2O5. The number of carbonyl (C=O) groups excluding carboxylic acids is 2.